The zero-order valence-electron chi connectivity index (χ0n) is 14.0. The Kier molecular flexibility index (Phi) is 6.00. The predicted molar refractivity (Wildman–Crippen MR) is 102 cm³/mol. The van der Waals surface area contributed by atoms with E-state index in [-0.39, 0.29) is 18.1 Å². The van der Waals surface area contributed by atoms with Crippen LogP contribution in [0.15, 0.2) is 63.5 Å². The molecule has 1 heterocycles. The summed E-state index contributed by atoms with van der Waals surface area (Å²) in [5, 5.41) is 2.61. The number of carbonyl (C=O) groups is 1. The molecule has 1 N–H and O–H groups in total. The molecular weight excluding hydrogens is 463 g/mol. The van der Waals surface area contributed by atoms with Crippen LogP contribution in [-0.2, 0) is 12.8 Å². The highest BCUT2D eigenvalue weighted by molar-refractivity contribution is 9.10. The van der Waals surface area contributed by atoms with E-state index in [0.29, 0.717) is 16.5 Å². The van der Waals surface area contributed by atoms with Gasteiger partial charge in [0, 0.05) is 4.47 Å². The van der Waals surface area contributed by atoms with Crippen molar-refractivity contribution in [1.29, 1.82) is 0 Å². The van der Waals surface area contributed by atoms with E-state index in [1.807, 2.05) is 0 Å². The molecule has 1 aromatic heterocycles. The number of nitrogens with one attached hydrogen (secondary N) is 1. The number of amides is 1. The topological polar surface area (TPSA) is 51.5 Å². The van der Waals surface area contributed by atoms with Gasteiger partial charge in [-0.1, -0.05) is 39.7 Å². The molecular formula is C19H12BrClF3NO3. The highest BCUT2D eigenvalue weighted by Crippen LogP contribution is 2.35. The highest BCUT2D eigenvalue weighted by Gasteiger charge is 2.33. The second kappa shape index (κ2) is 8.28. The Morgan fingerprint density at radius 1 is 1.14 bits per heavy atom. The minimum Gasteiger partial charge on any atom is -0.484 e. The number of alkyl halides is 3. The molecule has 0 spiro atoms. The lowest BCUT2D eigenvalue weighted by atomic mass is 10.1. The zero-order valence-corrected chi connectivity index (χ0v) is 16.4. The number of hydrogen-bond donors (Lipinski definition) is 1. The van der Waals surface area contributed by atoms with Gasteiger partial charge in [0.05, 0.1) is 16.3 Å². The maximum Gasteiger partial charge on any atom is 0.418 e. The molecule has 0 aliphatic heterocycles. The van der Waals surface area contributed by atoms with E-state index in [9.17, 15) is 18.0 Å². The largest absolute Gasteiger partial charge is 0.484 e. The van der Waals surface area contributed by atoms with E-state index in [0.717, 1.165) is 10.5 Å². The molecule has 9 heteroatoms. The number of halogens is 5. The standard InChI is InChI=1S/C19H12BrClF3NO3/c20-11-5-7-16(14(21)9-11)27-10-12-6-8-17(28-12)18(26)25-15-4-2-1-3-13(15)19(22,23)24/h1-9H,10H2,(H,25,26). The lowest BCUT2D eigenvalue weighted by Gasteiger charge is -2.12. The molecule has 0 saturated carbocycles. The molecule has 3 aromatic rings. The molecule has 0 aliphatic carbocycles. The van der Waals surface area contributed by atoms with Crippen molar-refractivity contribution in [3.05, 3.63) is 81.2 Å². The second-order valence-electron chi connectivity index (χ2n) is 5.63. The summed E-state index contributed by atoms with van der Waals surface area (Å²) in [4.78, 5) is 12.2. The van der Waals surface area contributed by atoms with Crippen molar-refractivity contribution in [2.75, 3.05) is 5.32 Å². The van der Waals surface area contributed by atoms with Crippen LogP contribution in [0.25, 0.3) is 0 Å². The summed E-state index contributed by atoms with van der Waals surface area (Å²) in [6.07, 6.45) is -4.59. The minimum absolute atomic E-state index is 0.00618. The Hall–Kier alpha value is -2.45. The van der Waals surface area contributed by atoms with Crippen molar-refractivity contribution in [3.8, 4) is 5.75 Å². The molecule has 1 amide bonds. The molecule has 0 radical (unpaired) electrons. The average Bonchev–Trinajstić information content (AvgIpc) is 3.10. The smallest absolute Gasteiger partial charge is 0.418 e. The van der Waals surface area contributed by atoms with Crippen LogP contribution in [0.4, 0.5) is 18.9 Å². The summed E-state index contributed by atoms with van der Waals surface area (Å²) < 4.78 is 50.7. The third kappa shape index (κ3) is 4.88. The predicted octanol–water partition coefficient (Wildman–Crippen LogP) is 6.55. The lowest BCUT2D eigenvalue weighted by molar-refractivity contribution is -0.136. The molecule has 0 unspecified atom stereocenters. The zero-order chi connectivity index (χ0) is 20.3. The summed E-state index contributed by atoms with van der Waals surface area (Å²) in [5.41, 5.74) is -1.29. The Morgan fingerprint density at radius 3 is 2.61 bits per heavy atom. The van der Waals surface area contributed by atoms with Crippen LogP contribution in [0.1, 0.15) is 21.9 Å². The maximum absolute atomic E-state index is 13.0. The average molecular weight is 475 g/mol. The van der Waals surface area contributed by atoms with Crippen LogP contribution in [0, 0.1) is 0 Å². The van der Waals surface area contributed by atoms with Gasteiger partial charge in [0.15, 0.2) is 5.76 Å². The van der Waals surface area contributed by atoms with Crippen molar-refractivity contribution in [2.45, 2.75) is 12.8 Å². The number of para-hydroxylation sites is 1. The number of hydrogen-bond acceptors (Lipinski definition) is 3. The van der Waals surface area contributed by atoms with Crippen LogP contribution in [-0.4, -0.2) is 5.91 Å². The van der Waals surface area contributed by atoms with Crippen LogP contribution in [0.3, 0.4) is 0 Å². The van der Waals surface area contributed by atoms with Crippen LogP contribution in [0.2, 0.25) is 5.02 Å². The number of rotatable bonds is 5. The van der Waals surface area contributed by atoms with Gasteiger partial charge >= 0.3 is 6.18 Å². The minimum atomic E-state index is -4.59. The molecule has 0 atom stereocenters. The van der Waals surface area contributed by atoms with E-state index in [1.54, 1.807) is 18.2 Å². The van der Waals surface area contributed by atoms with Gasteiger partial charge in [-0.25, -0.2) is 0 Å². The van der Waals surface area contributed by atoms with Gasteiger partial charge in [0.2, 0.25) is 0 Å². The molecule has 28 heavy (non-hydrogen) atoms. The fourth-order valence-corrected chi connectivity index (χ4v) is 3.07. The Morgan fingerprint density at radius 2 is 1.89 bits per heavy atom. The fourth-order valence-electron chi connectivity index (χ4n) is 2.34. The normalized spacial score (nSPS) is 11.3. The molecule has 0 saturated heterocycles. The van der Waals surface area contributed by atoms with Crippen LogP contribution >= 0.6 is 27.5 Å². The second-order valence-corrected chi connectivity index (χ2v) is 6.95. The third-order valence-corrected chi connectivity index (χ3v) is 4.42. The highest BCUT2D eigenvalue weighted by atomic mass is 79.9. The van der Waals surface area contributed by atoms with Gasteiger partial charge in [-0.15, -0.1) is 0 Å². The molecule has 3 rings (SSSR count). The van der Waals surface area contributed by atoms with Crippen molar-refractivity contribution in [1.82, 2.24) is 0 Å². The molecule has 4 nitrogen and oxygen atoms in total. The van der Waals surface area contributed by atoms with Gasteiger partial charge in [0.1, 0.15) is 18.1 Å². The summed E-state index contributed by atoms with van der Waals surface area (Å²) in [6, 6.07) is 12.6. The van der Waals surface area contributed by atoms with Gasteiger partial charge in [-0.3, -0.25) is 4.79 Å². The molecule has 2 aromatic carbocycles. The number of benzene rings is 2. The molecule has 0 bridgehead atoms. The van der Waals surface area contributed by atoms with E-state index in [4.69, 9.17) is 20.8 Å². The van der Waals surface area contributed by atoms with Gasteiger partial charge in [0.25, 0.3) is 5.91 Å². The summed E-state index contributed by atoms with van der Waals surface area (Å²) in [6.45, 7) is -0.00618. The van der Waals surface area contributed by atoms with E-state index in [2.05, 4.69) is 21.2 Å². The first-order valence-electron chi connectivity index (χ1n) is 7.88. The van der Waals surface area contributed by atoms with Gasteiger partial charge in [-0.2, -0.15) is 13.2 Å². The molecule has 0 fully saturated rings. The first kappa shape index (κ1) is 20.3. The van der Waals surface area contributed by atoms with Gasteiger partial charge in [-0.05, 0) is 42.5 Å². The Labute approximate surface area is 171 Å². The first-order chi connectivity index (χ1) is 13.2. The van der Waals surface area contributed by atoms with E-state index >= 15 is 0 Å². The van der Waals surface area contributed by atoms with Crippen LogP contribution in [0.5, 0.6) is 5.75 Å². The summed E-state index contributed by atoms with van der Waals surface area (Å²) in [5.74, 6) is -0.207. The lowest BCUT2D eigenvalue weighted by Crippen LogP contribution is -2.16. The van der Waals surface area contributed by atoms with Crippen molar-refractivity contribution < 1.29 is 27.1 Å². The monoisotopic (exact) mass is 473 g/mol. The molecule has 0 aliphatic rings. The Balaban J connectivity index is 1.68. The first-order valence-corrected chi connectivity index (χ1v) is 9.05. The number of furan rings is 1. The number of carbonyl (C=O) groups excluding carboxylic acids is 1. The quantitative estimate of drug-likeness (QED) is 0.456. The maximum atomic E-state index is 13.0. The summed E-state index contributed by atoms with van der Waals surface area (Å²) in [7, 11) is 0. The summed E-state index contributed by atoms with van der Waals surface area (Å²) >= 11 is 9.33. The number of anilines is 1. The van der Waals surface area contributed by atoms with Crippen molar-refractivity contribution in [3.63, 3.8) is 0 Å². The van der Waals surface area contributed by atoms with E-state index in [1.165, 1.54) is 30.3 Å². The van der Waals surface area contributed by atoms with Crippen LogP contribution < -0.4 is 10.1 Å². The molecule has 146 valence electrons. The van der Waals surface area contributed by atoms with Crippen molar-refractivity contribution >= 4 is 39.1 Å². The number of ether oxygens (including phenoxy) is 1. The fraction of sp³-hybridized carbons (Fsp3) is 0.105. The van der Waals surface area contributed by atoms with Crippen molar-refractivity contribution in [2.24, 2.45) is 0 Å². The SMILES string of the molecule is O=C(Nc1ccccc1C(F)(F)F)c1ccc(COc2ccc(Br)cc2Cl)o1. The van der Waals surface area contributed by atoms with E-state index < -0.39 is 17.6 Å². The van der Waals surface area contributed by atoms with Gasteiger partial charge < -0.3 is 14.5 Å². The Bertz CT molecular complexity index is 1000. The third-order valence-electron chi connectivity index (χ3n) is 3.63.